The minimum absolute atomic E-state index is 0.349. The standard InChI is InChI=1S/C21H27NO3/c1-5-22-11-10-16-13-20(24-3)21(25-4)14-18(16)19(22)12-15-6-8-17(23-2)9-7-15/h6-9,13-14,19H,5,10-12H2,1-4H3. The van der Waals surface area contributed by atoms with Crippen molar-refractivity contribution < 1.29 is 14.2 Å². The van der Waals surface area contributed by atoms with Gasteiger partial charge in [-0.1, -0.05) is 19.1 Å². The topological polar surface area (TPSA) is 30.9 Å². The molecule has 134 valence electrons. The predicted molar refractivity (Wildman–Crippen MR) is 99.9 cm³/mol. The van der Waals surface area contributed by atoms with Crippen molar-refractivity contribution in [2.75, 3.05) is 34.4 Å². The summed E-state index contributed by atoms with van der Waals surface area (Å²) >= 11 is 0. The molecular weight excluding hydrogens is 314 g/mol. The summed E-state index contributed by atoms with van der Waals surface area (Å²) in [6, 6.07) is 13.0. The van der Waals surface area contributed by atoms with E-state index in [0.29, 0.717) is 6.04 Å². The van der Waals surface area contributed by atoms with E-state index in [1.165, 1.54) is 16.7 Å². The van der Waals surface area contributed by atoms with Crippen molar-refractivity contribution in [3.05, 3.63) is 53.1 Å². The van der Waals surface area contributed by atoms with E-state index < -0.39 is 0 Å². The average Bonchev–Trinajstić information content (AvgIpc) is 2.67. The lowest BCUT2D eigenvalue weighted by molar-refractivity contribution is 0.193. The van der Waals surface area contributed by atoms with E-state index in [1.807, 2.05) is 12.1 Å². The molecule has 0 N–H and O–H groups in total. The van der Waals surface area contributed by atoms with E-state index in [1.54, 1.807) is 21.3 Å². The molecule has 0 amide bonds. The van der Waals surface area contributed by atoms with Gasteiger partial charge < -0.3 is 14.2 Å². The maximum atomic E-state index is 5.54. The van der Waals surface area contributed by atoms with E-state index >= 15 is 0 Å². The van der Waals surface area contributed by atoms with Gasteiger partial charge in [0.1, 0.15) is 5.75 Å². The second kappa shape index (κ2) is 7.79. The van der Waals surface area contributed by atoms with Crippen LogP contribution in [0.2, 0.25) is 0 Å². The minimum atomic E-state index is 0.349. The molecule has 25 heavy (non-hydrogen) atoms. The van der Waals surface area contributed by atoms with Crippen molar-refractivity contribution >= 4 is 0 Å². The van der Waals surface area contributed by atoms with Crippen LogP contribution >= 0.6 is 0 Å². The number of nitrogens with zero attached hydrogens (tertiary/aromatic N) is 1. The highest BCUT2D eigenvalue weighted by molar-refractivity contribution is 5.50. The molecule has 2 aromatic carbocycles. The Balaban J connectivity index is 1.96. The summed E-state index contributed by atoms with van der Waals surface area (Å²) in [5, 5.41) is 0. The van der Waals surface area contributed by atoms with Crippen molar-refractivity contribution in [3.8, 4) is 17.2 Å². The quantitative estimate of drug-likeness (QED) is 0.798. The van der Waals surface area contributed by atoms with Gasteiger partial charge in [0.15, 0.2) is 11.5 Å². The Morgan fingerprint density at radius 2 is 1.64 bits per heavy atom. The summed E-state index contributed by atoms with van der Waals surface area (Å²) in [5.74, 6) is 2.51. The first kappa shape index (κ1) is 17.6. The maximum absolute atomic E-state index is 5.54. The van der Waals surface area contributed by atoms with Crippen LogP contribution in [0, 0.1) is 0 Å². The van der Waals surface area contributed by atoms with Gasteiger partial charge in [-0.05, 0) is 60.3 Å². The number of hydrogen-bond donors (Lipinski definition) is 0. The highest BCUT2D eigenvalue weighted by atomic mass is 16.5. The second-order valence-electron chi connectivity index (χ2n) is 6.35. The van der Waals surface area contributed by atoms with Crippen LogP contribution in [-0.4, -0.2) is 39.3 Å². The monoisotopic (exact) mass is 341 g/mol. The lowest BCUT2D eigenvalue weighted by Crippen LogP contribution is -2.36. The van der Waals surface area contributed by atoms with Gasteiger partial charge in [-0.3, -0.25) is 4.90 Å². The van der Waals surface area contributed by atoms with Crippen LogP contribution < -0.4 is 14.2 Å². The molecule has 4 heteroatoms. The zero-order valence-electron chi connectivity index (χ0n) is 15.5. The third-order valence-electron chi connectivity index (χ3n) is 5.11. The molecule has 1 heterocycles. The smallest absolute Gasteiger partial charge is 0.161 e. The first-order valence-electron chi connectivity index (χ1n) is 8.81. The van der Waals surface area contributed by atoms with Crippen LogP contribution in [0.3, 0.4) is 0 Å². The predicted octanol–water partition coefficient (Wildman–Crippen LogP) is 3.87. The summed E-state index contributed by atoms with van der Waals surface area (Å²) in [6.07, 6.45) is 2.02. The number of hydrogen-bond acceptors (Lipinski definition) is 4. The Hall–Kier alpha value is -2.20. The molecule has 0 bridgehead atoms. The Kier molecular flexibility index (Phi) is 5.49. The van der Waals surface area contributed by atoms with Gasteiger partial charge in [0.25, 0.3) is 0 Å². The Bertz CT molecular complexity index is 712. The Labute approximate surface area is 150 Å². The van der Waals surface area contributed by atoms with Gasteiger partial charge in [0.2, 0.25) is 0 Å². The van der Waals surface area contributed by atoms with Gasteiger partial charge >= 0.3 is 0 Å². The van der Waals surface area contributed by atoms with Crippen molar-refractivity contribution in [1.29, 1.82) is 0 Å². The van der Waals surface area contributed by atoms with E-state index in [9.17, 15) is 0 Å². The third kappa shape index (κ3) is 3.59. The molecule has 3 rings (SSSR count). The molecule has 0 spiro atoms. The van der Waals surface area contributed by atoms with E-state index in [0.717, 1.165) is 43.2 Å². The molecule has 0 aromatic heterocycles. The molecule has 4 nitrogen and oxygen atoms in total. The van der Waals surface area contributed by atoms with Crippen LogP contribution in [-0.2, 0) is 12.8 Å². The molecule has 1 aliphatic rings. The van der Waals surface area contributed by atoms with Crippen LogP contribution in [0.15, 0.2) is 36.4 Å². The number of methoxy groups -OCH3 is 3. The number of benzene rings is 2. The van der Waals surface area contributed by atoms with Crippen molar-refractivity contribution in [3.63, 3.8) is 0 Å². The number of fused-ring (bicyclic) bond motifs is 1. The summed E-state index contributed by atoms with van der Waals surface area (Å²) in [6.45, 7) is 4.33. The molecule has 0 aliphatic carbocycles. The third-order valence-corrected chi connectivity index (χ3v) is 5.11. The molecule has 0 radical (unpaired) electrons. The lowest BCUT2D eigenvalue weighted by atomic mass is 9.88. The minimum Gasteiger partial charge on any atom is -0.497 e. The Morgan fingerprint density at radius 3 is 2.24 bits per heavy atom. The molecule has 0 fully saturated rings. The van der Waals surface area contributed by atoms with Crippen LogP contribution in [0.25, 0.3) is 0 Å². The van der Waals surface area contributed by atoms with Gasteiger partial charge in [-0.2, -0.15) is 0 Å². The van der Waals surface area contributed by atoms with E-state index in [-0.39, 0.29) is 0 Å². The summed E-state index contributed by atoms with van der Waals surface area (Å²) in [7, 11) is 5.09. The largest absolute Gasteiger partial charge is 0.497 e. The van der Waals surface area contributed by atoms with Gasteiger partial charge in [-0.25, -0.2) is 0 Å². The molecular formula is C21H27NO3. The molecule has 0 saturated carbocycles. The highest BCUT2D eigenvalue weighted by Crippen LogP contribution is 2.39. The number of likely N-dealkylation sites (N-methyl/N-ethyl adjacent to an activating group) is 1. The first-order valence-corrected chi connectivity index (χ1v) is 8.81. The Morgan fingerprint density at radius 1 is 0.960 bits per heavy atom. The molecule has 2 aromatic rings. The summed E-state index contributed by atoms with van der Waals surface area (Å²) in [5.41, 5.74) is 4.02. The number of rotatable bonds is 6. The normalized spacial score (nSPS) is 17.0. The molecule has 0 saturated heterocycles. The molecule has 1 aliphatic heterocycles. The van der Waals surface area contributed by atoms with Crippen LogP contribution in [0.4, 0.5) is 0 Å². The summed E-state index contributed by atoms with van der Waals surface area (Å²) < 4.78 is 16.3. The molecule has 1 unspecified atom stereocenters. The zero-order chi connectivity index (χ0) is 17.8. The summed E-state index contributed by atoms with van der Waals surface area (Å²) in [4.78, 5) is 2.54. The first-order chi connectivity index (χ1) is 12.2. The van der Waals surface area contributed by atoms with Gasteiger partial charge in [0.05, 0.1) is 21.3 Å². The van der Waals surface area contributed by atoms with Gasteiger partial charge in [0, 0.05) is 12.6 Å². The van der Waals surface area contributed by atoms with Crippen molar-refractivity contribution in [2.24, 2.45) is 0 Å². The fourth-order valence-corrected chi connectivity index (χ4v) is 3.68. The fraction of sp³-hybridized carbons (Fsp3) is 0.429. The second-order valence-corrected chi connectivity index (χ2v) is 6.35. The van der Waals surface area contributed by atoms with Gasteiger partial charge in [-0.15, -0.1) is 0 Å². The van der Waals surface area contributed by atoms with Crippen molar-refractivity contribution in [2.45, 2.75) is 25.8 Å². The maximum Gasteiger partial charge on any atom is 0.161 e. The number of ether oxygens (including phenoxy) is 3. The average molecular weight is 341 g/mol. The van der Waals surface area contributed by atoms with Crippen LogP contribution in [0.5, 0.6) is 17.2 Å². The highest BCUT2D eigenvalue weighted by Gasteiger charge is 2.28. The lowest BCUT2D eigenvalue weighted by Gasteiger charge is -2.37. The fourth-order valence-electron chi connectivity index (χ4n) is 3.68. The van der Waals surface area contributed by atoms with E-state index in [4.69, 9.17) is 14.2 Å². The molecule has 1 atom stereocenters. The van der Waals surface area contributed by atoms with Crippen LogP contribution in [0.1, 0.15) is 29.7 Å². The zero-order valence-corrected chi connectivity index (χ0v) is 15.5. The SMILES string of the molecule is CCN1CCc2cc(OC)c(OC)cc2C1Cc1ccc(OC)cc1. The van der Waals surface area contributed by atoms with E-state index in [2.05, 4.69) is 36.1 Å². The van der Waals surface area contributed by atoms with Crippen molar-refractivity contribution in [1.82, 2.24) is 4.90 Å².